The second-order valence-corrected chi connectivity index (χ2v) is 4.98. The quantitative estimate of drug-likeness (QED) is 0.809. The molecule has 2 nitrogen and oxygen atoms in total. The lowest BCUT2D eigenvalue weighted by molar-refractivity contribution is -0.124. The van der Waals surface area contributed by atoms with Gasteiger partial charge in [-0.15, -0.1) is 0 Å². The molecular weight excluding hydrogens is 309 g/mol. The second kappa shape index (κ2) is 7.11. The van der Waals surface area contributed by atoms with Gasteiger partial charge in [-0.2, -0.15) is 13.2 Å². The first-order chi connectivity index (χ1) is 8.38. The van der Waals surface area contributed by atoms with Gasteiger partial charge >= 0.3 is 6.18 Å². The predicted molar refractivity (Wildman–Crippen MR) is 69.4 cm³/mol. The first kappa shape index (κ1) is 15.5. The molecule has 1 aromatic rings. The normalized spacial score (nSPS) is 12.1. The number of likely N-dealkylation sites (N-methyl/N-ethyl adjacent to an activating group) is 1. The molecule has 0 heterocycles. The molecule has 0 aliphatic rings. The van der Waals surface area contributed by atoms with E-state index in [0.717, 1.165) is 10.0 Å². The molecule has 0 aliphatic heterocycles. The summed E-state index contributed by atoms with van der Waals surface area (Å²) in [7, 11) is 1.88. The lowest BCUT2D eigenvalue weighted by Crippen LogP contribution is -2.34. The van der Waals surface area contributed by atoms with E-state index in [2.05, 4.69) is 21.2 Å². The predicted octanol–water partition coefficient (Wildman–Crippen LogP) is 3.03. The van der Waals surface area contributed by atoms with E-state index in [1.54, 1.807) is 0 Å². The number of halogens is 4. The van der Waals surface area contributed by atoms with Gasteiger partial charge < -0.3 is 10.2 Å². The van der Waals surface area contributed by atoms with Crippen molar-refractivity contribution in [2.24, 2.45) is 0 Å². The molecule has 0 unspecified atom stereocenters. The second-order valence-electron chi connectivity index (χ2n) is 4.12. The number of nitrogens with zero attached hydrogens (tertiary/aromatic N) is 1. The molecule has 0 amide bonds. The zero-order valence-corrected chi connectivity index (χ0v) is 11.7. The van der Waals surface area contributed by atoms with Crippen molar-refractivity contribution in [2.45, 2.75) is 12.7 Å². The van der Waals surface area contributed by atoms with E-state index in [-0.39, 0.29) is 0 Å². The van der Waals surface area contributed by atoms with E-state index in [1.807, 2.05) is 36.2 Å². The lowest BCUT2D eigenvalue weighted by Gasteiger charge is -2.18. The molecule has 0 aromatic heterocycles. The van der Waals surface area contributed by atoms with Crippen molar-refractivity contribution in [1.29, 1.82) is 0 Å². The van der Waals surface area contributed by atoms with E-state index in [1.165, 1.54) is 0 Å². The van der Waals surface area contributed by atoms with Gasteiger partial charge in [0.2, 0.25) is 0 Å². The van der Waals surface area contributed by atoms with Crippen molar-refractivity contribution in [1.82, 2.24) is 10.2 Å². The Kier molecular flexibility index (Phi) is 6.11. The Balaban J connectivity index is 2.26. The fourth-order valence-corrected chi connectivity index (χ4v) is 1.91. The molecule has 0 spiro atoms. The average molecular weight is 325 g/mol. The summed E-state index contributed by atoms with van der Waals surface area (Å²) in [6.07, 6.45) is -4.14. The van der Waals surface area contributed by atoms with Gasteiger partial charge in [0.1, 0.15) is 0 Å². The standard InChI is InChI=1S/C12H16BrF3N2/c1-18(7-6-17-9-12(14,15)16)8-10-4-2-3-5-11(10)13/h2-5,17H,6-9H2,1H3. The Bertz CT molecular complexity index is 369. The maximum absolute atomic E-state index is 11.9. The van der Waals surface area contributed by atoms with Crippen LogP contribution in [0.1, 0.15) is 5.56 Å². The van der Waals surface area contributed by atoms with Gasteiger partial charge in [-0.3, -0.25) is 0 Å². The summed E-state index contributed by atoms with van der Waals surface area (Å²) in [5, 5.41) is 2.38. The summed E-state index contributed by atoms with van der Waals surface area (Å²) in [4.78, 5) is 1.98. The van der Waals surface area contributed by atoms with Gasteiger partial charge in [0.05, 0.1) is 6.54 Å². The molecule has 1 rings (SSSR count). The summed E-state index contributed by atoms with van der Waals surface area (Å²) in [6, 6.07) is 7.81. The largest absolute Gasteiger partial charge is 0.401 e. The van der Waals surface area contributed by atoms with Crippen LogP contribution < -0.4 is 5.32 Å². The third-order valence-corrected chi connectivity index (χ3v) is 3.17. The Morgan fingerprint density at radius 2 is 1.94 bits per heavy atom. The number of alkyl halides is 3. The van der Waals surface area contributed by atoms with E-state index in [4.69, 9.17) is 0 Å². The maximum atomic E-state index is 11.9. The van der Waals surface area contributed by atoms with Crippen LogP contribution in [0.4, 0.5) is 13.2 Å². The third kappa shape index (κ3) is 6.37. The highest BCUT2D eigenvalue weighted by molar-refractivity contribution is 9.10. The molecule has 0 saturated heterocycles. The number of benzene rings is 1. The highest BCUT2D eigenvalue weighted by Gasteiger charge is 2.25. The molecule has 1 aromatic carbocycles. The lowest BCUT2D eigenvalue weighted by atomic mass is 10.2. The fraction of sp³-hybridized carbons (Fsp3) is 0.500. The van der Waals surface area contributed by atoms with Gasteiger partial charge in [0.25, 0.3) is 0 Å². The summed E-state index contributed by atoms with van der Waals surface area (Å²) in [6.45, 7) is 0.656. The van der Waals surface area contributed by atoms with Crippen LogP contribution in [-0.2, 0) is 6.54 Å². The summed E-state index contributed by atoms with van der Waals surface area (Å²) in [5.74, 6) is 0. The topological polar surface area (TPSA) is 15.3 Å². The molecule has 0 fully saturated rings. The van der Waals surface area contributed by atoms with Gasteiger partial charge in [0, 0.05) is 24.1 Å². The van der Waals surface area contributed by atoms with Crippen LogP contribution in [0, 0.1) is 0 Å². The molecule has 0 bridgehead atoms. The molecule has 0 aliphatic carbocycles. The van der Waals surface area contributed by atoms with Crippen LogP contribution in [0.5, 0.6) is 0 Å². The smallest absolute Gasteiger partial charge is 0.307 e. The zero-order valence-electron chi connectivity index (χ0n) is 10.1. The Morgan fingerprint density at radius 3 is 2.56 bits per heavy atom. The average Bonchev–Trinajstić information content (AvgIpc) is 2.26. The maximum Gasteiger partial charge on any atom is 0.401 e. The monoisotopic (exact) mass is 324 g/mol. The molecular formula is C12H16BrF3N2. The number of rotatable bonds is 6. The summed E-state index contributed by atoms with van der Waals surface area (Å²) in [5.41, 5.74) is 1.12. The molecule has 1 N–H and O–H groups in total. The van der Waals surface area contributed by atoms with Crippen molar-refractivity contribution in [3.63, 3.8) is 0 Å². The van der Waals surface area contributed by atoms with Gasteiger partial charge in [-0.1, -0.05) is 34.1 Å². The van der Waals surface area contributed by atoms with E-state index in [0.29, 0.717) is 19.6 Å². The molecule has 0 saturated carbocycles. The highest BCUT2D eigenvalue weighted by Crippen LogP contribution is 2.17. The summed E-state index contributed by atoms with van der Waals surface area (Å²) < 4.78 is 36.7. The Morgan fingerprint density at radius 1 is 1.28 bits per heavy atom. The summed E-state index contributed by atoms with van der Waals surface area (Å²) >= 11 is 3.44. The van der Waals surface area contributed by atoms with Crippen molar-refractivity contribution < 1.29 is 13.2 Å². The van der Waals surface area contributed by atoms with Crippen LogP contribution in [0.25, 0.3) is 0 Å². The Hall–Kier alpha value is -0.590. The van der Waals surface area contributed by atoms with Gasteiger partial charge in [-0.05, 0) is 18.7 Å². The van der Waals surface area contributed by atoms with Crippen molar-refractivity contribution in [3.05, 3.63) is 34.3 Å². The number of hydrogen-bond donors (Lipinski definition) is 1. The molecule has 18 heavy (non-hydrogen) atoms. The molecule has 6 heteroatoms. The van der Waals surface area contributed by atoms with Crippen LogP contribution >= 0.6 is 15.9 Å². The van der Waals surface area contributed by atoms with Gasteiger partial charge in [-0.25, -0.2) is 0 Å². The minimum absolute atomic E-state index is 0.320. The molecule has 0 radical (unpaired) electrons. The van der Waals surface area contributed by atoms with Crippen molar-refractivity contribution in [3.8, 4) is 0 Å². The van der Waals surface area contributed by atoms with Crippen molar-refractivity contribution >= 4 is 15.9 Å². The van der Waals surface area contributed by atoms with Crippen molar-refractivity contribution in [2.75, 3.05) is 26.7 Å². The minimum atomic E-state index is -4.14. The SMILES string of the molecule is CN(CCNCC(F)(F)F)Cc1ccccc1Br. The number of nitrogens with one attached hydrogen (secondary N) is 1. The third-order valence-electron chi connectivity index (χ3n) is 2.39. The van der Waals surface area contributed by atoms with E-state index >= 15 is 0 Å². The molecule has 0 atom stereocenters. The first-order valence-corrected chi connectivity index (χ1v) is 6.37. The van der Waals surface area contributed by atoms with Crippen LogP contribution in [-0.4, -0.2) is 37.8 Å². The van der Waals surface area contributed by atoms with Crippen LogP contribution in [0.3, 0.4) is 0 Å². The fourth-order valence-electron chi connectivity index (χ4n) is 1.50. The molecule has 102 valence electrons. The van der Waals surface area contributed by atoms with E-state index < -0.39 is 12.7 Å². The van der Waals surface area contributed by atoms with Gasteiger partial charge in [0.15, 0.2) is 0 Å². The number of hydrogen-bond acceptors (Lipinski definition) is 2. The highest BCUT2D eigenvalue weighted by atomic mass is 79.9. The first-order valence-electron chi connectivity index (χ1n) is 5.58. The minimum Gasteiger partial charge on any atom is -0.307 e. The van der Waals surface area contributed by atoms with Crippen LogP contribution in [0.15, 0.2) is 28.7 Å². The Labute approximate surface area is 113 Å². The van der Waals surface area contributed by atoms with Crippen LogP contribution in [0.2, 0.25) is 0 Å². The van der Waals surface area contributed by atoms with E-state index in [9.17, 15) is 13.2 Å². The zero-order chi connectivity index (χ0) is 13.6.